The molecule has 0 radical (unpaired) electrons. The van der Waals surface area contributed by atoms with Gasteiger partial charge in [0.05, 0.1) is 13.8 Å². The summed E-state index contributed by atoms with van der Waals surface area (Å²) in [6, 6.07) is 0. The molecule has 0 aromatic rings. The van der Waals surface area contributed by atoms with E-state index >= 15 is 0 Å². The van der Waals surface area contributed by atoms with Crippen LogP contribution < -0.4 is 0 Å². The molecule has 98 valence electrons. The predicted octanol–water partition coefficient (Wildman–Crippen LogP) is 2.88. The maximum Gasteiger partial charge on any atom is 0.397 e. The highest BCUT2D eigenvalue weighted by molar-refractivity contribution is 7.81. The maximum absolute atomic E-state index is 10.5. The second kappa shape index (κ2) is 6.45. The van der Waals surface area contributed by atoms with Crippen LogP contribution in [0.1, 0.15) is 26.7 Å². The summed E-state index contributed by atoms with van der Waals surface area (Å²) in [4.78, 5) is 0. The average molecular weight is 286 g/mol. The highest BCUT2D eigenvalue weighted by Crippen LogP contribution is 2.34. The molecule has 0 spiro atoms. The molecule has 0 bridgehead atoms. The second-order valence-electron chi connectivity index (χ2n) is 5.21. The minimum Gasteiger partial charge on any atom is -0.264 e. The molecule has 1 unspecified atom stereocenters. The van der Waals surface area contributed by atoms with Crippen LogP contribution in [0.5, 0.6) is 0 Å². The van der Waals surface area contributed by atoms with Gasteiger partial charge in [-0.1, -0.05) is 26.6 Å². The molecule has 0 aromatic carbocycles. The average Bonchev–Trinajstić information content (AvgIpc) is 1.94. The Balaban J connectivity index is 3.88. The highest BCUT2D eigenvalue weighted by atomic mass is 32.3. The summed E-state index contributed by atoms with van der Waals surface area (Å²) >= 11 is 0. The van der Waals surface area contributed by atoms with Crippen molar-refractivity contribution in [1.82, 2.24) is 0 Å². The van der Waals surface area contributed by atoms with Gasteiger partial charge in [0, 0.05) is 0 Å². The van der Waals surface area contributed by atoms with Crippen LogP contribution in [0.3, 0.4) is 0 Å². The molecule has 0 aliphatic heterocycles. The van der Waals surface area contributed by atoms with Crippen molar-refractivity contribution in [2.75, 3.05) is 0 Å². The first-order valence-corrected chi connectivity index (χ1v) is 12.4. The summed E-state index contributed by atoms with van der Waals surface area (Å²) < 4.78 is 33.9. The smallest absolute Gasteiger partial charge is 0.264 e. The van der Waals surface area contributed by atoms with Crippen molar-refractivity contribution in [2.24, 2.45) is 0 Å². The van der Waals surface area contributed by atoms with E-state index in [0.29, 0.717) is 12.1 Å². The first-order chi connectivity index (χ1) is 6.99. The molecule has 4 nitrogen and oxygen atoms in total. The van der Waals surface area contributed by atoms with Crippen molar-refractivity contribution in [2.45, 2.75) is 58.1 Å². The third kappa shape index (κ3) is 11.0. The molecule has 0 fully saturated rings. The van der Waals surface area contributed by atoms with Gasteiger partial charge in [-0.25, -0.2) is 4.18 Å². The molecular weight excluding hydrogens is 263 g/mol. The molecule has 0 aliphatic rings. The van der Waals surface area contributed by atoms with E-state index < -0.39 is 24.2 Å². The molecule has 0 saturated carbocycles. The van der Waals surface area contributed by atoms with Gasteiger partial charge in [0.15, 0.2) is 0 Å². The van der Waals surface area contributed by atoms with E-state index in [4.69, 9.17) is 4.55 Å². The van der Waals surface area contributed by atoms with Crippen LogP contribution in [0.25, 0.3) is 0 Å². The summed E-state index contributed by atoms with van der Waals surface area (Å²) in [7, 11) is -4.34. The Morgan fingerprint density at radius 1 is 1.25 bits per heavy atom. The zero-order valence-corrected chi connectivity index (χ0v) is 13.5. The quantitative estimate of drug-likeness (QED) is 0.444. The summed E-state index contributed by atoms with van der Waals surface area (Å²) in [6.07, 6.45) is 1.17. The topological polar surface area (TPSA) is 63.6 Å². The minimum atomic E-state index is -4.30. The molecule has 0 heterocycles. The van der Waals surface area contributed by atoms with E-state index in [9.17, 15) is 8.42 Å². The fourth-order valence-corrected chi connectivity index (χ4v) is 8.72. The van der Waals surface area contributed by atoms with E-state index in [0.717, 1.165) is 14.5 Å². The fraction of sp³-hybridized carbons (Fsp3) is 1.00. The van der Waals surface area contributed by atoms with Gasteiger partial charge >= 0.3 is 10.4 Å². The van der Waals surface area contributed by atoms with Crippen LogP contribution in [-0.4, -0.2) is 32.5 Å². The summed E-state index contributed by atoms with van der Waals surface area (Å²) in [5, 5.41) is 0. The lowest BCUT2D eigenvalue weighted by Crippen LogP contribution is -2.19. The molecule has 0 rings (SSSR count). The molecule has 7 heteroatoms. The Hall–Kier alpha value is 0.517. The first kappa shape index (κ1) is 16.5. The standard InChI is InChI=1S/C9H23O4PSSi/c1-8(13-15(10,11)12)6-7-9(2)14-16(3,4)5/h8-9,14H,6-7H2,1-5H3,(H,10,11,12)/t8-,9+/m0/s1. The zero-order valence-electron chi connectivity index (χ0n) is 10.6. The summed E-state index contributed by atoms with van der Waals surface area (Å²) in [5.41, 5.74) is 0.610. The van der Waals surface area contributed by atoms with Gasteiger partial charge in [-0.05, 0) is 25.4 Å². The zero-order chi connectivity index (χ0) is 13.0. The summed E-state index contributed by atoms with van der Waals surface area (Å²) in [5.74, 6) is 0. The van der Waals surface area contributed by atoms with Crippen molar-refractivity contribution >= 4 is 26.3 Å². The molecule has 1 N–H and O–H groups in total. The first-order valence-electron chi connectivity index (χ1n) is 5.43. The maximum atomic E-state index is 10.5. The lowest BCUT2D eigenvalue weighted by atomic mass is 10.2. The molecule has 0 amide bonds. The monoisotopic (exact) mass is 286 g/mol. The number of hydrogen-bond donors (Lipinski definition) is 1. The van der Waals surface area contributed by atoms with Crippen LogP contribution in [0.4, 0.5) is 0 Å². The van der Waals surface area contributed by atoms with Gasteiger partial charge < -0.3 is 0 Å². The Morgan fingerprint density at radius 3 is 2.12 bits per heavy atom. The van der Waals surface area contributed by atoms with Crippen LogP contribution in [-0.2, 0) is 14.6 Å². The van der Waals surface area contributed by atoms with E-state index in [1.54, 1.807) is 6.92 Å². The van der Waals surface area contributed by atoms with Crippen LogP contribution in [0.15, 0.2) is 0 Å². The fourth-order valence-electron chi connectivity index (χ4n) is 1.55. The van der Waals surface area contributed by atoms with Gasteiger partial charge in [0.2, 0.25) is 0 Å². The Labute approximate surface area is 102 Å². The second-order valence-corrected chi connectivity index (χ2v) is 17.4. The van der Waals surface area contributed by atoms with Gasteiger partial charge in [-0.3, -0.25) is 4.55 Å². The molecule has 0 saturated heterocycles. The van der Waals surface area contributed by atoms with Crippen molar-refractivity contribution in [3.8, 4) is 0 Å². The van der Waals surface area contributed by atoms with E-state index in [1.165, 1.54) is 0 Å². The predicted molar refractivity (Wildman–Crippen MR) is 72.5 cm³/mol. The van der Waals surface area contributed by atoms with Gasteiger partial charge in [-0.2, -0.15) is 8.42 Å². The van der Waals surface area contributed by atoms with Crippen molar-refractivity contribution < 1.29 is 17.2 Å². The van der Waals surface area contributed by atoms with Crippen LogP contribution in [0.2, 0.25) is 19.6 Å². The van der Waals surface area contributed by atoms with Gasteiger partial charge in [0.25, 0.3) is 0 Å². The SMILES string of the molecule is C[C@H](CC[C@H](C)OS(=O)(=O)O)P[Si](C)(C)C. The largest absolute Gasteiger partial charge is 0.397 e. The minimum absolute atomic E-state index is 0.441. The normalized spacial score (nSPS) is 17.9. The van der Waals surface area contributed by atoms with E-state index in [1.807, 2.05) is 0 Å². The Morgan fingerprint density at radius 2 is 1.75 bits per heavy atom. The summed E-state index contributed by atoms with van der Waals surface area (Å²) in [6.45, 7) is 10.9. The molecule has 16 heavy (non-hydrogen) atoms. The van der Waals surface area contributed by atoms with E-state index in [2.05, 4.69) is 30.7 Å². The van der Waals surface area contributed by atoms with E-state index in [-0.39, 0.29) is 0 Å². The lowest BCUT2D eigenvalue weighted by Gasteiger charge is -2.22. The van der Waals surface area contributed by atoms with Crippen LogP contribution >= 0.6 is 8.13 Å². The Kier molecular flexibility index (Phi) is 6.66. The van der Waals surface area contributed by atoms with Gasteiger partial charge in [-0.15, -0.1) is 8.13 Å². The molecule has 0 aromatic heterocycles. The molecular formula is C9H23O4PSSi. The number of rotatable bonds is 7. The third-order valence-electron chi connectivity index (χ3n) is 1.97. The van der Waals surface area contributed by atoms with Crippen molar-refractivity contribution in [3.05, 3.63) is 0 Å². The van der Waals surface area contributed by atoms with Gasteiger partial charge in [0.1, 0.15) is 0 Å². The Bertz CT molecular complexity index is 299. The molecule has 3 atom stereocenters. The molecule has 0 aliphatic carbocycles. The lowest BCUT2D eigenvalue weighted by molar-refractivity contribution is 0.186. The highest BCUT2D eigenvalue weighted by Gasteiger charge is 2.19. The van der Waals surface area contributed by atoms with Crippen molar-refractivity contribution in [1.29, 1.82) is 0 Å². The number of hydrogen-bond acceptors (Lipinski definition) is 3. The van der Waals surface area contributed by atoms with Crippen molar-refractivity contribution in [3.63, 3.8) is 0 Å². The van der Waals surface area contributed by atoms with Crippen LogP contribution in [0, 0.1) is 0 Å². The third-order valence-corrected chi connectivity index (χ3v) is 8.27.